The van der Waals surface area contributed by atoms with Gasteiger partial charge < -0.3 is 10.1 Å². The minimum atomic E-state index is -0.235. The number of ether oxygens (including phenoxy) is 1. The molecule has 0 fully saturated rings. The van der Waals surface area contributed by atoms with Gasteiger partial charge in [0.2, 0.25) is 0 Å². The molecule has 1 atom stereocenters. The van der Waals surface area contributed by atoms with E-state index in [0.29, 0.717) is 11.4 Å². The molecule has 0 amide bonds. The maximum atomic E-state index is 11.2. The number of fused-ring (bicyclic) bond motifs is 1. The molecule has 1 aliphatic rings. The predicted molar refractivity (Wildman–Crippen MR) is 68.9 cm³/mol. The summed E-state index contributed by atoms with van der Waals surface area (Å²) in [5, 5.41) is 3.11. The molecule has 1 heterocycles. The molecule has 2 rings (SSSR count). The van der Waals surface area contributed by atoms with E-state index in [2.05, 4.69) is 10.1 Å². The van der Waals surface area contributed by atoms with Gasteiger partial charge in [0.25, 0.3) is 0 Å². The molecule has 1 unspecified atom stereocenters. The lowest BCUT2D eigenvalue weighted by Crippen LogP contribution is -2.29. The van der Waals surface area contributed by atoms with Crippen molar-refractivity contribution in [1.29, 1.82) is 0 Å². The second kappa shape index (κ2) is 4.84. The van der Waals surface area contributed by atoms with E-state index in [0.717, 1.165) is 10.6 Å². The molecule has 0 bridgehead atoms. The quantitative estimate of drug-likeness (QED) is 0.647. The number of carbonyl (C=O) groups excluding carboxylic acids is 1. The highest BCUT2D eigenvalue weighted by molar-refractivity contribution is 8.02. The molecule has 3 nitrogen and oxygen atoms in total. The van der Waals surface area contributed by atoms with Gasteiger partial charge in [-0.3, -0.25) is 4.79 Å². The number of anilines is 1. The van der Waals surface area contributed by atoms with Crippen molar-refractivity contribution in [3.63, 3.8) is 0 Å². The second-order valence-corrected chi connectivity index (χ2v) is 5.06. The molecule has 16 heavy (non-hydrogen) atoms. The van der Waals surface area contributed by atoms with Crippen LogP contribution in [0.5, 0.6) is 0 Å². The summed E-state index contributed by atoms with van der Waals surface area (Å²) >= 11 is 6.83. The zero-order valence-corrected chi connectivity index (χ0v) is 10.4. The molecular weight excluding hydrogens is 242 g/mol. The molecule has 0 aromatic heterocycles. The van der Waals surface area contributed by atoms with Crippen LogP contribution in [0.4, 0.5) is 5.69 Å². The molecule has 0 saturated heterocycles. The van der Waals surface area contributed by atoms with Gasteiger partial charge in [-0.25, -0.2) is 0 Å². The number of rotatable bonds is 2. The van der Waals surface area contributed by atoms with E-state index >= 15 is 0 Å². The Hall–Kier alpha value is -1.07. The first-order chi connectivity index (χ1) is 7.70. The third-order valence-electron chi connectivity index (χ3n) is 2.29. The van der Waals surface area contributed by atoms with E-state index in [1.165, 1.54) is 7.11 Å². The average molecular weight is 253 g/mol. The summed E-state index contributed by atoms with van der Waals surface area (Å²) in [6.45, 7) is 0. The van der Waals surface area contributed by atoms with Crippen LogP contribution in [0.2, 0.25) is 0 Å². The van der Waals surface area contributed by atoms with E-state index < -0.39 is 0 Å². The third-order valence-corrected chi connectivity index (χ3v) is 4.12. The van der Waals surface area contributed by atoms with Crippen LogP contribution in [0.25, 0.3) is 0 Å². The van der Waals surface area contributed by atoms with Gasteiger partial charge in [0.1, 0.15) is 0 Å². The van der Waals surface area contributed by atoms with Crippen molar-refractivity contribution in [2.45, 2.75) is 16.6 Å². The molecule has 1 aliphatic heterocycles. The minimum Gasteiger partial charge on any atom is -0.469 e. The van der Waals surface area contributed by atoms with Crippen LogP contribution in [0.3, 0.4) is 0 Å². The van der Waals surface area contributed by atoms with Gasteiger partial charge in [-0.2, -0.15) is 0 Å². The fourth-order valence-corrected chi connectivity index (χ4v) is 2.89. The number of benzene rings is 1. The molecule has 0 radical (unpaired) electrons. The number of para-hydroxylation sites is 1. The summed E-state index contributed by atoms with van der Waals surface area (Å²) in [5.74, 6) is -0.235. The summed E-state index contributed by atoms with van der Waals surface area (Å²) < 4.78 is 4.65. The van der Waals surface area contributed by atoms with Gasteiger partial charge in [0.15, 0.2) is 0 Å². The topological polar surface area (TPSA) is 38.3 Å². The first-order valence-corrected chi connectivity index (χ1v) is 6.13. The first-order valence-electron chi connectivity index (χ1n) is 4.84. The number of carbonyl (C=O) groups is 1. The van der Waals surface area contributed by atoms with Crippen molar-refractivity contribution in [3.05, 3.63) is 24.3 Å². The van der Waals surface area contributed by atoms with Crippen molar-refractivity contribution < 1.29 is 9.53 Å². The number of nitrogens with one attached hydrogen (secondary N) is 1. The summed E-state index contributed by atoms with van der Waals surface area (Å²) in [4.78, 5) is 13.0. The summed E-state index contributed by atoms with van der Waals surface area (Å²) in [7, 11) is 1.39. The number of methoxy groups -OCH3 is 1. The van der Waals surface area contributed by atoms with Crippen LogP contribution in [0.15, 0.2) is 29.2 Å². The Morgan fingerprint density at radius 1 is 1.56 bits per heavy atom. The van der Waals surface area contributed by atoms with Crippen LogP contribution in [0.1, 0.15) is 6.42 Å². The van der Waals surface area contributed by atoms with Gasteiger partial charge in [-0.1, -0.05) is 24.4 Å². The van der Waals surface area contributed by atoms with Crippen molar-refractivity contribution >= 4 is 40.6 Å². The van der Waals surface area contributed by atoms with E-state index in [4.69, 9.17) is 12.2 Å². The number of esters is 1. The highest BCUT2D eigenvalue weighted by Crippen LogP contribution is 2.37. The Morgan fingerprint density at radius 3 is 3.06 bits per heavy atom. The molecular formula is C11H11NO2S2. The highest BCUT2D eigenvalue weighted by atomic mass is 32.2. The lowest BCUT2D eigenvalue weighted by Gasteiger charge is -2.25. The predicted octanol–water partition coefficient (Wildman–Crippen LogP) is 2.46. The Balaban J connectivity index is 2.15. The fraction of sp³-hybridized carbons (Fsp3) is 0.273. The minimum absolute atomic E-state index is 0.0302. The van der Waals surface area contributed by atoms with Crippen molar-refractivity contribution in [3.8, 4) is 0 Å². The van der Waals surface area contributed by atoms with Crippen LogP contribution < -0.4 is 5.32 Å². The zero-order valence-electron chi connectivity index (χ0n) is 8.73. The molecule has 1 aromatic rings. The SMILES string of the molecule is COC(=O)CC1Sc2ccccc2NC1=S. The summed E-state index contributed by atoms with van der Waals surface area (Å²) in [6, 6.07) is 7.91. The normalized spacial score (nSPS) is 18.6. The fourth-order valence-electron chi connectivity index (χ4n) is 1.46. The van der Waals surface area contributed by atoms with Crippen molar-refractivity contribution in [2.75, 3.05) is 12.4 Å². The molecule has 0 aliphatic carbocycles. The van der Waals surface area contributed by atoms with E-state index in [1.807, 2.05) is 24.3 Å². The van der Waals surface area contributed by atoms with Crippen LogP contribution in [-0.2, 0) is 9.53 Å². The number of hydrogen-bond donors (Lipinski definition) is 1. The highest BCUT2D eigenvalue weighted by Gasteiger charge is 2.25. The molecule has 5 heteroatoms. The van der Waals surface area contributed by atoms with Crippen LogP contribution in [-0.4, -0.2) is 23.3 Å². The lowest BCUT2D eigenvalue weighted by molar-refractivity contribution is -0.140. The maximum Gasteiger partial charge on any atom is 0.307 e. The Bertz CT molecular complexity index is 434. The number of hydrogen-bond acceptors (Lipinski definition) is 4. The van der Waals surface area contributed by atoms with Crippen molar-refractivity contribution in [2.24, 2.45) is 0 Å². The molecule has 0 saturated carbocycles. The van der Waals surface area contributed by atoms with Gasteiger partial charge in [-0.05, 0) is 12.1 Å². The number of thioether (sulfide) groups is 1. The van der Waals surface area contributed by atoms with E-state index in [9.17, 15) is 4.79 Å². The van der Waals surface area contributed by atoms with Gasteiger partial charge in [0, 0.05) is 4.90 Å². The Labute approximate surface area is 104 Å². The molecule has 1 aromatic carbocycles. The van der Waals surface area contributed by atoms with E-state index in [1.54, 1.807) is 11.8 Å². The largest absolute Gasteiger partial charge is 0.469 e. The molecule has 0 spiro atoms. The van der Waals surface area contributed by atoms with Gasteiger partial charge in [0.05, 0.1) is 29.5 Å². The maximum absolute atomic E-state index is 11.2. The first kappa shape index (κ1) is 11.4. The van der Waals surface area contributed by atoms with Crippen LogP contribution >= 0.6 is 24.0 Å². The molecule has 84 valence electrons. The Kier molecular flexibility index (Phi) is 3.46. The summed E-state index contributed by atoms with van der Waals surface area (Å²) in [6.07, 6.45) is 0.307. The van der Waals surface area contributed by atoms with E-state index in [-0.39, 0.29) is 11.2 Å². The smallest absolute Gasteiger partial charge is 0.307 e. The lowest BCUT2D eigenvalue weighted by atomic mass is 10.2. The van der Waals surface area contributed by atoms with Crippen molar-refractivity contribution in [1.82, 2.24) is 0 Å². The van der Waals surface area contributed by atoms with Gasteiger partial charge in [-0.15, -0.1) is 11.8 Å². The molecule has 1 N–H and O–H groups in total. The average Bonchev–Trinajstić information content (AvgIpc) is 2.30. The van der Waals surface area contributed by atoms with Gasteiger partial charge >= 0.3 is 5.97 Å². The summed E-state index contributed by atoms with van der Waals surface area (Å²) in [5.41, 5.74) is 1.01. The zero-order chi connectivity index (χ0) is 11.5. The third kappa shape index (κ3) is 2.36. The standard InChI is InChI=1S/C11H11NO2S2/c1-14-10(13)6-9-11(15)12-7-4-2-3-5-8(7)16-9/h2-5,9H,6H2,1H3,(H,12,15). The van der Waals surface area contributed by atoms with Crippen LogP contribution in [0, 0.1) is 0 Å². The number of thiocarbonyl (C=S) groups is 1. The Morgan fingerprint density at radius 2 is 2.31 bits per heavy atom. The monoisotopic (exact) mass is 253 g/mol. The second-order valence-electron chi connectivity index (χ2n) is 3.37.